The fourth-order valence-electron chi connectivity index (χ4n) is 4.17. The predicted octanol–water partition coefficient (Wildman–Crippen LogP) is 2.09. The highest BCUT2D eigenvalue weighted by Crippen LogP contribution is 2.51. The molecule has 0 radical (unpaired) electrons. The van der Waals surface area contributed by atoms with Crippen molar-refractivity contribution in [2.24, 2.45) is 5.92 Å². The van der Waals surface area contributed by atoms with E-state index >= 15 is 0 Å². The third-order valence-corrected chi connectivity index (χ3v) is 5.95. The van der Waals surface area contributed by atoms with Crippen LogP contribution >= 0.6 is 11.6 Å². The van der Waals surface area contributed by atoms with Crippen LogP contribution in [0.3, 0.4) is 0 Å². The van der Waals surface area contributed by atoms with Crippen molar-refractivity contribution < 1.29 is 9.18 Å². The maximum Gasteiger partial charge on any atom is 0.226 e. The zero-order valence-electron chi connectivity index (χ0n) is 13.7. The second-order valence-corrected chi connectivity index (χ2v) is 7.50. The molecule has 1 N–H and O–H groups in total. The summed E-state index contributed by atoms with van der Waals surface area (Å²) < 4.78 is 14.0. The van der Waals surface area contributed by atoms with Gasteiger partial charge in [0.15, 0.2) is 0 Å². The molecule has 3 atom stereocenters. The molecule has 4 nitrogen and oxygen atoms in total. The SMILES string of the molecule is O=C(C1CC1c1c(F)cccc1Cl)N1CCC(N2CCNCC2)C1. The number of hydrogen-bond donors (Lipinski definition) is 1. The van der Waals surface area contributed by atoms with Crippen molar-refractivity contribution >= 4 is 17.5 Å². The molecule has 1 saturated carbocycles. The zero-order valence-corrected chi connectivity index (χ0v) is 14.4. The largest absolute Gasteiger partial charge is 0.341 e. The van der Waals surface area contributed by atoms with Crippen molar-refractivity contribution in [3.05, 3.63) is 34.6 Å². The Bertz CT molecular complexity index is 614. The normalized spacial score (nSPS) is 30.6. The summed E-state index contributed by atoms with van der Waals surface area (Å²) in [6, 6.07) is 5.22. The topological polar surface area (TPSA) is 35.6 Å². The summed E-state index contributed by atoms with van der Waals surface area (Å²) in [6.45, 7) is 5.81. The Morgan fingerprint density at radius 2 is 2.04 bits per heavy atom. The van der Waals surface area contributed by atoms with E-state index in [1.54, 1.807) is 12.1 Å². The van der Waals surface area contributed by atoms with Crippen LogP contribution in [0.1, 0.15) is 24.3 Å². The lowest BCUT2D eigenvalue weighted by atomic mass is 10.1. The molecular formula is C18H23ClFN3O. The summed E-state index contributed by atoms with van der Waals surface area (Å²) in [5.74, 6) is -0.259. The van der Waals surface area contributed by atoms with Gasteiger partial charge in [0.1, 0.15) is 5.82 Å². The first kappa shape index (κ1) is 16.3. The highest BCUT2D eigenvalue weighted by atomic mass is 35.5. The van der Waals surface area contributed by atoms with E-state index in [4.69, 9.17) is 11.6 Å². The fourth-order valence-corrected chi connectivity index (χ4v) is 4.48. The van der Waals surface area contributed by atoms with Gasteiger partial charge in [-0.1, -0.05) is 17.7 Å². The molecule has 130 valence electrons. The Morgan fingerprint density at radius 1 is 1.25 bits per heavy atom. The number of carbonyl (C=O) groups excluding carboxylic acids is 1. The first-order valence-corrected chi connectivity index (χ1v) is 9.20. The number of hydrogen-bond acceptors (Lipinski definition) is 3. The first-order valence-electron chi connectivity index (χ1n) is 8.82. The van der Waals surface area contributed by atoms with Crippen LogP contribution in [0.4, 0.5) is 4.39 Å². The Morgan fingerprint density at radius 3 is 2.79 bits per heavy atom. The molecule has 0 spiro atoms. The average Bonchev–Trinajstić information content (AvgIpc) is 3.20. The number of carbonyl (C=O) groups is 1. The summed E-state index contributed by atoms with van der Waals surface area (Å²) in [5.41, 5.74) is 0.523. The number of nitrogens with one attached hydrogen (secondary N) is 1. The van der Waals surface area contributed by atoms with Crippen molar-refractivity contribution in [3.63, 3.8) is 0 Å². The van der Waals surface area contributed by atoms with Gasteiger partial charge in [-0.2, -0.15) is 0 Å². The standard InChI is InChI=1S/C18H23ClFN3O/c19-15-2-1-3-16(20)17(15)13-10-14(13)18(24)23-7-4-12(11-23)22-8-5-21-6-9-22/h1-3,12-14,21H,4-11H2. The van der Waals surface area contributed by atoms with E-state index in [0.29, 0.717) is 23.0 Å². The van der Waals surface area contributed by atoms with Gasteiger partial charge in [-0.25, -0.2) is 4.39 Å². The summed E-state index contributed by atoms with van der Waals surface area (Å²) in [7, 11) is 0. The summed E-state index contributed by atoms with van der Waals surface area (Å²) >= 11 is 6.14. The molecule has 0 aromatic heterocycles. The average molecular weight is 352 g/mol. The van der Waals surface area contributed by atoms with E-state index in [9.17, 15) is 9.18 Å². The smallest absolute Gasteiger partial charge is 0.226 e. The van der Waals surface area contributed by atoms with Gasteiger partial charge in [0.2, 0.25) is 5.91 Å². The summed E-state index contributed by atoms with van der Waals surface area (Å²) in [6.07, 6.45) is 1.76. The van der Waals surface area contributed by atoms with Gasteiger partial charge in [0, 0.05) is 67.7 Å². The van der Waals surface area contributed by atoms with Crippen molar-refractivity contribution in [1.82, 2.24) is 15.1 Å². The molecule has 6 heteroatoms. The Kier molecular flexibility index (Phi) is 4.50. The second kappa shape index (κ2) is 6.62. The van der Waals surface area contributed by atoms with E-state index in [2.05, 4.69) is 10.2 Å². The Balaban J connectivity index is 1.38. The molecule has 0 bridgehead atoms. The van der Waals surface area contributed by atoms with Gasteiger partial charge in [0.05, 0.1) is 0 Å². The lowest BCUT2D eigenvalue weighted by Crippen LogP contribution is -2.49. The van der Waals surface area contributed by atoms with E-state index in [-0.39, 0.29) is 23.6 Å². The number of halogens is 2. The second-order valence-electron chi connectivity index (χ2n) is 7.10. The van der Waals surface area contributed by atoms with Crippen LogP contribution in [0.15, 0.2) is 18.2 Å². The number of likely N-dealkylation sites (tertiary alicyclic amines) is 1. The molecular weight excluding hydrogens is 329 g/mol. The number of amides is 1. The van der Waals surface area contributed by atoms with Crippen molar-refractivity contribution in [2.75, 3.05) is 39.3 Å². The Hall–Kier alpha value is -1.17. The first-order chi connectivity index (χ1) is 11.6. The fraction of sp³-hybridized carbons (Fsp3) is 0.611. The van der Waals surface area contributed by atoms with Crippen LogP contribution in [0.2, 0.25) is 5.02 Å². The van der Waals surface area contributed by atoms with Gasteiger partial charge in [0.25, 0.3) is 0 Å². The van der Waals surface area contributed by atoms with Gasteiger partial charge in [-0.15, -0.1) is 0 Å². The molecule has 3 aliphatic rings. The lowest BCUT2D eigenvalue weighted by Gasteiger charge is -2.32. The van der Waals surface area contributed by atoms with E-state index in [1.165, 1.54) is 6.07 Å². The highest BCUT2D eigenvalue weighted by Gasteiger charge is 2.48. The van der Waals surface area contributed by atoms with Crippen LogP contribution in [0.5, 0.6) is 0 Å². The third kappa shape index (κ3) is 3.05. The minimum absolute atomic E-state index is 0.0514. The molecule has 1 aliphatic carbocycles. The van der Waals surface area contributed by atoms with Crippen LogP contribution in [-0.4, -0.2) is 61.0 Å². The minimum atomic E-state index is -0.289. The number of nitrogens with zero attached hydrogens (tertiary/aromatic N) is 2. The monoisotopic (exact) mass is 351 g/mol. The van der Waals surface area contributed by atoms with Gasteiger partial charge in [-0.05, 0) is 25.0 Å². The number of piperazine rings is 1. The van der Waals surface area contributed by atoms with E-state index in [0.717, 1.165) is 45.7 Å². The maximum atomic E-state index is 14.0. The van der Waals surface area contributed by atoms with Crippen LogP contribution in [0.25, 0.3) is 0 Å². The van der Waals surface area contributed by atoms with E-state index < -0.39 is 0 Å². The summed E-state index contributed by atoms with van der Waals surface area (Å²) in [5, 5.41) is 3.80. The van der Waals surface area contributed by atoms with Gasteiger partial charge < -0.3 is 10.2 Å². The summed E-state index contributed by atoms with van der Waals surface area (Å²) in [4.78, 5) is 17.2. The maximum absolute atomic E-state index is 14.0. The van der Waals surface area contributed by atoms with Crippen LogP contribution < -0.4 is 5.32 Å². The molecule has 4 rings (SSSR count). The van der Waals surface area contributed by atoms with Crippen molar-refractivity contribution in [2.45, 2.75) is 24.8 Å². The van der Waals surface area contributed by atoms with Gasteiger partial charge >= 0.3 is 0 Å². The quantitative estimate of drug-likeness (QED) is 0.905. The third-order valence-electron chi connectivity index (χ3n) is 5.62. The predicted molar refractivity (Wildman–Crippen MR) is 91.7 cm³/mol. The molecule has 3 unspecified atom stereocenters. The molecule has 1 amide bonds. The van der Waals surface area contributed by atoms with Crippen LogP contribution in [-0.2, 0) is 4.79 Å². The molecule has 24 heavy (non-hydrogen) atoms. The highest BCUT2D eigenvalue weighted by molar-refractivity contribution is 6.31. The van der Waals surface area contributed by atoms with Crippen molar-refractivity contribution in [1.29, 1.82) is 0 Å². The Labute approximate surface area is 146 Å². The molecule has 2 aliphatic heterocycles. The molecule has 2 heterocycles. The van der Waals surface area contributed by atoms with E-state index in [1.807, 2.05) is 4.90 Å². The zero-order chi connectivity index (χ0) is 16.7. The molecule has 3 fully saturated rings. The lowest BCUT2D eigenvalue weighted by molar-refractivity contribution is -0.131. The molecule has 2 saturated heterocycles. The number of benzene rings is 1. The van der Waals surface area contributed by atoms with Crippen molar-refractivity contribution in [3.8, 4) is 0 Å². The number of rotatable bonds is 3. The minimum Gasteiger partial charge on any atom is -0.341 e. The molecule has 1 aromatic carbocycles. The molecule has 1 aromatic rings. The van der Waals surface area contributed by atoms with Gasteiger partial charge in [-0.3, -0.25) is 9.69 Å². The van der Waals surface area contributed by atoms with Crippen LogP contribution in [0, 0.1) is 11.7 Å².